The van der Waals surface area contributed by atoms with Gasteiger partial charge in [-0.2, -0.15) is 0 Å². The molecule has 0 aromatic rings. The molecule has 0 bridgehead atoms. The summed E-state index contributed by atoms with van der Waals surface area (Å²) in [6, 6.07) is 0. The van der Waals surface area contributed by atoms with E-state index in [1.54, 1.807) is 13.8 Å². The molecule has 8 nitrogen and oxygen atoms in total. The van der Waals surface area contributed by atoms with Gasteiger partial charge in [0.1, 0.15) is 24.2 Å². The Morgan fingerprint density at radius 3 is 2.25 bits per heavy atom. The molecule has 7 atom stereocenters. The highest BCUT2D eigenvalue weighted by Gasteiger charge is 2.59. The zero-order valence-corrected chi connectivity index (χ0v) is 19.5. The fourth-order valence-corrected chi connectivity index (χ4v) is 4.15. The summed E-state index contributed by atoms with van der Waals surface area (Å²) in [6.45, 7) is 6.89. The molecule has 1 aliphatic heterocycles. The molecule has 0 aromatic carbocycles. The number of methoxy groups -OCH3 is 1. The Kier molecular flexibility index (Phi) is 10.3. The van der Waals surface area contributed by atoms with Crippen LogP contribution < -0.4 is 0 Å². The molecule has 0 aliphatic carbocycles. The lowest BCUT2D eigenvalue weighted by Gasteiger charge is -2.49. The van der Waals surface area contributed by atoms with Crippen LogP contribution in [0.3, 0.4) is 0 Å². The van der Waals surface area contributed by atoms with Gasteiger partial charge in [0, 0.05) is 39.0 Å². The molecule has 0 aromatic heterocycles. The number of esters is 3. The Balaban J connectivity index is 3.50. The molecule has 1 heterocycles. The van der Waals surface area contributed by atoms with Crippen LogP contribution in [0.2, 0.25) is 0 Å². The van der Waals surface area contributed by atoms with Crippen molar-refractivity contribution in [2.45, 2.75) is 90.4 Å². The Morgan fingerprint density at radius 2 is 1.78 bits per heavy atom. The molecule has 0 saturated carbocycles. The van der Waals surface area contributed by atoms with Gasteiger partial charge in [-0.25, -0.2) is 9.18 Å². The largest absolute Gasteiger partial charge is 0.467 e. The zero-order chi connectivity index (χ0) is 24.6. The van der Waals surface area contributed by atoms with Crippen LogP contribution in [-0.2, 0) is 38.1 Å². The molecule has 1 aliphatic rings. The molecule has 0 N–H and O–H groups in total. The maximum absolute atomic E-state index is 15.4. The fourth-order valence-electron chi connectivity index (χ4n) is 4.15. The average molecular weight is 457 g/mol. The summed E-state index contributed by atoms with van der Waals surface area (Å²) in [5.41, 5.74) is -2.01. The van der Waals surface area contributed by atoms with E-state index in [1.165, 1.54) is 20.8 Å². The van der Waals surface area contributed by atoms with Crippen molar-refractivity contribution in [3.63, 3.8) is 0 Å². The molecular weight excluding hydrogens is 423 g/mol. The van der Waals surface area contributed by atoms with E-state index in [-0.39, 0.29) is 31.5 Å². The van der Waals surface area contributed by atoms with Crippen molar-refractivity contribution < 1.29 is 42.5 Å². The molecule has 32 heavy (non-hydrogen) atoms. The van der Waals surface area contributed by atoms with Crippen molar-refractivity contribution in [1.29, 1.82) is 0 Å². The van der Waals surface area contributed by atoms with Gasteiger partial charge in [-0.15, -0.1) is 12.3 Å². The average Bonchev–Trinajstić information content (AvgIpc) is 2.73. The molecular formula is C23H33FO8. The van der Waals surface area contributed by atoms with Crippen LogP contribution in [0.15, 0.2) is 0 Å². The highest BCUT2D eigenvalue weighted by molar-refractivity contribution is 5.81. The normalized spacial score (nSPS) is 29.2. The number of carbonyl (C=O) groups excluding carboxylic acids is 4. The molecule has 5 unspecified atom stereocenters. The maximum Gasteiger partial charge on any atom is 0.340 e. The summed E-state index contributed by atoms with van der Waals surface area (Å²) in [4.78, 5) is 48.5. The maximum atomic E-state index is 15.4. The number of halogens is 1. The topological polar surface area (TPSA) is 105 Å². The van der Waals surface area contributed by atoms with Gasteiger partial charge in [0.2, 0.25) is 0 Å². The number of ether oxygens (including phenoxy) is 4. The summed E-state index contributed by atoms with van der Waals surface area (Å²) in [6.07, 6.45) is 0.655. The number of hydrogen-bond donors (Lipinski definition) is 0. The van der Waals surface area contributed by atoms with Gasteiger partial charge < -0.3 is 18.9 Å². The smallest absolute Gasteiger partial charge is 0.340 e. The van der Waals surface area contributed by atoms with Crippen molar-refractivity contribution in [2.24, 2.45) is 11.8 Å². The lowest BCUT2D eigenvalue weighted by atomic mass is 9.71. The van der Waals surface area contributed by atoms with E-state index in [1.807, 2.05) is 0 Å². The van der Waals surface area contributed by atoms with Gasteiger partial charge in [-0.3, -0.25) is 14.4 Å². The van der Waals surface area contributed by atoms with Crippen molar-refractivity contribution in [3.05, 3.63) is 0 Å². The molecule has 9 heteroatoms. The quantitative estimate of drug-likeness (QED) is 0.281. The third-order valence-corrected chi connectivity index (χ3v) is 5.78. The second kappa shape index (κ2) is 12.0. The summed E-state index contributed by atoms with van der Waals surface area (Å²) in [5, 5.41) is 0. The van der Waals surface area contributed by atoms with Gasteiger partial charge >= 0.3 is 17.9 Å². The second-order valence-electron chi connectivity index (χ2n) is 8.18. The molecule has 1 saturated heterocycles. The van der Waals surface area contributed by atoms with Crippen molar-refractivity contribution in [3.8, 4) is 12.3 Å². The first-order valence-electron chi connectivity index (χ1n) is 10.6. The third kappa shape index (κ3) is 6.52. The standard InChI is InChI=1S/C23H33FO8/c1-8-10-11-16(27)12-17-13(3)21(24)23(6,22(28)29-7)32-19(17)20(31-15(5)26)18(9-2)30-14(4)25/h1,13,17-21H,9-12H2,2-7H3/t13?,17?,18-,19?,20-,21?,23?/m1/s1. The third-order valence-electron chi connectivity index (χ3n) is 5.78. The number of hydrogen-bond acceptors (Lipinski definition) is 8. The van der Waals surface area contributed by atoms with Gasteiger partial charge in [-0.1, -0.05) is 13.8 Å². The number of rotatable bonds is 10. The Morgan fingerprint density at radius 1 is 1.19 bits per heavy atom. The van der Waals surface area contributed by atoms with Crippen molar-refractivity contribution >= 4 is 23.7 Å². The SMILES string of the molecule is C#CCCC(=O)CC1C(C)C(F)C(C)(C(=O)OC)OC1[C@H](OC(C)=O)[C@@H](CC)OC(C)=O. The fraction of sp³-hybridized carbons (Fsp3) is 0.739. The molecule has 180 valence electrons. The first-order chi connectivity index (χ1) is 14.9. The molecule has 0 radical (unpaired) electrons. The van der Waals surface area contributed by atoms with E-state index in [9.17, 15) is 19.2 Å². The van der Waals surface area contributed by atoms with Crippen molar-refractivity contribution in [1.82, 2.24) is 0 Å². The highest BCUT2D eigenvalue weighted by atomic mass is 19.1. The van der Waals surface area contributed by atoms with Crippen molar-refractivity contribution in [2.75, 3.05) is 7.11 Å². The molecule has 0 spiro atoms. The van der Waals surface area contributed by atoms with Crippen LogP contribution in [-0.4, -0.2) is 60.9 Å². The van der Waals surface area contributed by atoms with Crippen LogP contribution in [0.5, 0.6) is 0 Å². The van der Waals surface area contributed by atoms with Crippen LogP contribution in [0.25, 0.3) is 0 Å². The Labute approximate surface area is 188 Å². The van der Waals surface area contributed by atoms with Crippen LogP contribution in [0.1, 0.15) is 60.3 Å². The first kappa shape index (κ1) is 27.6. The van der Waals surface area contributed by atoms with E-state index in [0.717, 1.165) is 7.11 Å². The van der Waals surface area contributed by atoms with E-state index in [0.29, 0.717) is 0 Å². The van der Waals surface area contributed by atoms with E-state index < -0.39 is 59.8 Å². The Bertz CT molecular complexity index is 745. The number of ketones is 1. The van der Waals surface area contributed by atoms with Gasteiger partial charge in [0.15, 0.2) is 11.7 Å². The lowest BCUT2D eigenvalue weighted by molar-refractivity contribution is -0.252. The first-order valence-corrected chi connectivity index (χ1v) is 10.6. The lowest BCUT2D eigenvalue weighted by Crippen LogP contribution is -2.64. The van der Waals surface area contributed by atoms with E-state index in [2.05, 4.69) is 5.92 Å². The van der Waals surface area contributed by atoms with E-state index >= 15 is 4.39 Å². The summed E-state index contributed by atoms with van der Waals surface area (Å²) in [7, 11) is 1.11. The summed E-state index contributed by atoms with van der Waals surface area (Å²) >= 11 is 0. The number of Topliss-reactive ketones (excluding diaryl/α,β-unsaturated/α-hetero) is 1. The van der Waals surface area contributed by atoms with Gasteiger partial charge in [0.05, 0.1) is 7.11 Å². The predicted molar refractivity (Wildman–Crippen MR) is 112 cm³/mol. The summed E-state index contributed by atoms with van der Waals surface area (Å²) in [5.74, 6) is -1.69. The van der Waals surface area contributed by atoms with E-state index in [4.69, 9.17) is 25.4 Å². The van der Waals surface area contributed by atoms with Crippen LogP contribution in [0, 0.1) is 24.2 Å². The zero-order valence-electron chi connectivity index (χ0n) is 19.5. The minimum Gasteiger partial charge on any atom is -0.467 e. The molecule has 1 rings (SSSR count). The van der Waals surface area contributed by atoms with Crippen LogP contribution >= 0.6 is 0 Å². The number of terminal acetylenes is 1. The second-order valence-corrected chi connectivity index (χ2v) is 8.18. The molecule has 1 fully saturated rings. The minimum absolute atomic E-state index is 0.0943. The number of alkyl halides is 1. The Hall–Kier alpha value is -2.47. The minimum atomic E-state index is -2.01. The number of carbonyl (C=O) groups is 4. The van der Waals surface area contributed by atoms with Crippen LogP contribution in [0.4, 0.5) is 4.39 Å². The highest BCUT2D eigenvalue weighted by Crippen LogP contribution is 2.44. The predicted octanol–water partition coefficient (Wildman–Crippen LogP) is 2.55. The molecule has 0 amide bonds. The summed E-state index contributed by atoms with van der Waals surface area (Å²) < 4.78 is 36.9. The van der Waals surface area contributed by atoms with Gasteiger partial charge in [-0.05, 0) is 19.3 Å². The monoisotopic (exact) mass is 456 g/mol. The van der Waals surface area contributed by atoms with Gasteiger partial charge in [0.25, 0.3) is 0 Å².